The van der Waals surface area contributed by atoms with E-state index in [4.69, 9.17) is 5.11 Å². The monoisotopic (exact) mass is 250 g/mol. The summed E-state index contributed by atoms with van der Waals surface area (Å²) in [5, 5.41) is 12.4. The van der Waals surface area contributed by atoms with Crippen LogP contribution in [0.1, 0.15) is 55.6 Å². The minimum atomic E-state index is -0.939. The molecule has 1 atom stereocenters. The van der Waals surface area contributed by atoms with Crippen LogP contribution in [-0.2, 0) is 0 Å². The molecule has 18 heavy (non-hydrogen) atoms. The van der Waals surface area contributed by atoms with Crippen LogP contribution in [0.2, 0.25) is 0 Å². The van der Waals surface area contributed by atoms with E-state index in [0.29, 0.717) is 5.69 Å². The molecule has 0 aliphatic rings. The van der Waals surface area contributed by atoms with Crippen molar-refractivity contribution >= 4 is 11.7 Å². The summed E-state index contributed by atoms with van der Waals surface area (Å²) in [6, 6.07) is 2.07. The van der Waals surface area contributed by atoms with Gasteiger partial charge in [-0.3, -0.25) is 4.98 Å². The summed E-state index contributed by atoms with van der Waals surface area (Å²) in [5.41, 5.74) is 1.73. The molecule has 0 aliphatic heterocycles. The van der Waals surface area contributed by atoms with Gasteiger partial charge in [0.25, 0.3) is 0 Å². The molecule has 1 unspecified atom stereocenters. The maximum absolute atomic E-state index is 11.1. The molecule has 0 fully saturated rings. The maximum Gasteiger partial charge on any atom is 0.339 e. The predicted molar refractivity (Wildman–Crippen MR) is 73.2 cm³/mol. The van der Waals surface area contributed by atoms with E-state index in [0.717, 1.165) is 18.5 Å². The van der Waals surface area contributed by atoms with E-state index < -0.39 is 5.97 Å². The van der Waals surface area contributed by atoms with Crippen molar-refractivity contribution in [3.8, 4) is 0 Å². The molecule has 1 aromatic rings. The lowest BCUT2D eigenvalue weighted by Crippen LogP contribution is -2.17. The van der Waals surface area contributed by atoms with Crippen LogP contribution in [0.5, 0.6) is 0 Å². The second-order valence-corrected chi connectivity index (χ2v) is 4.72. The van der Waals surface area contributed by atoms with Gasteiger partial charge in [-0.05, 0) is 26.3 Å². The normalized spacial score (nSPS) is 12.2. The van der Waals surface area contributed by atoms with Crippen LogP contribution in [0.3, 0.4) is 0 Å². The van der Waals surface area contributed by atoms with Gasteiger partial charge in [-0.2, -0.15) is 0 Å². The minimum Gasteiger partial charge on any atom is -0.478 e. The van der Waals surface area contributed by atoms with Crippen LogP contribution in [0.4, 0.5) is 5.69 Å². The van der Waals surface area contributed by atoms with Crippen LogP contribution < -0.4 is 5.32 Å². The summed E-state index contributed by atoms with van der Waals surface area (Å²) >= 11 is 0. The largest absolute Gasteiger partial charge is 0.478 e. The third kappa shape index (κ3) is 4.35. The number of hydrogen-bond acceptors (Lipinski definition) is 3. The van der Waals surface area contributed by atoms with E-state index in [1.54, 1.807) is 6.07 Å². The van der Waals surface area contributed by atoms with Crippen molar-refractivity contribution in [1.29, 1.82) is 0 Å². The van der Waals surface area contributed by atoms with Gasteiger partial charge in [-0.25, -0.2) is 4.79 Å². The van der Waals surface area contributed by atoms with E-state index in [1.807, 2.05) is 6.92 Å². The molecule has 4 nitrogen and oxygen atoms in total. The zero-order valence-electron chi connectivity index (χ0n) is 11.4. The van der Waals surface area contributed by atoms with Gasteiger partial charge in [0.2, 0.25) is 0 Å². The van der Waals surface area contributed by atoms with Crippen molar-refractivity contribution < 1.29 is 9.90 Å². The topological polar surface area (TPSA) is 62.2 Å². The number of carboxylic acids is 1. The quantitative estimate of drug-likeness (QED) is 0.727. The summed E-state index contributed by atoms with van der Waals surface area (Å²) in [4.78, 5) is 15.1. The van der Waals surface area contributed by atoms with Gasteiger partial charge in [-0.1, -0.05) is 26.2 Å². The van der Waals surface area contributed by atoms with E-state index in [1.165, 1.54) is 19.0 Å². The molecule has 1 aromatic heterocycles. The molecule has 2 N–H and O–H groups in total. The second kappa shape index (κ2) is 6.99. The SMILES string of the molecule is CCCCCC(C)Nc1cc(C)ncc1C(=O)O. The van der Waals surface area contributed by atoms with Crippen molar-refractivity contribution in [3.05, 3.63) is 23.5 Å². The molecule has 0 aromatic carbocycles. The fourth-order valence-corrected chi connectivity index (χ4v) is 1.89. The fraction of sp³-hybridized carbons (Fsp3) is 0.571. The Morgan fingerprint density at radius 1 is 1.50 bits per heavy atom. The Morgan fingerprint density at radius 3 is 2.83 bits per heavy atom. The lowest BCUT2D eigenvalue weighted by atomic mass is 10.1. The first-order valence-corrected chi connectivity index (χ1v) is 6.51. The van der Waals surface area contributed by atoms with Gasteiger partial charge in [0.1, 0.15) is 5.56 Å². The Morgan fingerprint density at radius 2 is 2.22 bits per heavy atom. The Hall–Kier alpha value is -1.58. The summed E-state index contributed by atoms with van der Waals surface area (Å²) in [7, 11) is 0. The average Bonchev–Trinajstić information content (AvgIpc) is 2.29. The highest BCUT2D eigenvalue weighted by Crippen LogP contribution is 2.18. The molecule has 0 amide bonds. The van der Waals surface area contributed by atoms with Crippen molar-refractivity contribution in [2.75, 3.05) is 5.32 Å². The van der Waals surface area contributed by atoms with Gasteiger partial charge in [0, 0.05) is 17.9 Å². The number of rotatable bonds is 7. The van der Waals surface area contributed by atoms with Crippen LogP contribution in [0.15, 0.2) is 12.3 Å². The number of nitrogens with one attached hydrogen (secondary N) is 1. The number of aryl methyl sites for hydroxylation is 1. The molecular weight excluding hydrogens is 228 g/mol. The standard InChI is InChI=1S/C14H22N2O2/c1-4-5-6-7-10(2)16-13-8-11(3)15-9-12(13)14(17)18/h8-10H,4-7H2,1-3H3,(H,15,16)(H,17,18). The molecule has 1 rings (SSSR count). The molecule has 0 saturated carbocycles. The van der Waals surface area contributed by atoms with Gasteiger partial charge in [-0.15, -0.1) is 0 Å². The summed E-state index contributed by atoms with van der Waals surface area (Å²) in [6.45, 7) is 6.11. The van der Waals surface area contributed by atoms with Crippen molar-refractivity contribution in [2.24, 2.45) is 0 Å². The number of aromatic carboxylic acids is 1. The molecule has 0 radical (unpaired) electrons. The summed E-state index contributed by atoms with van der Waals surface area (Å²) in [5.74, 6) is -0.939. The first-order valence-electron chi connectivity index (χ1n) is 6.51. The molecule has 1 heterocycles. The van der Waals surface area contributed by atoms with Crippen molar-refractivity contribution in [1.82, 2.24) is 4.98 Å². The van der Waals surface area contributed by atoms with E-state index in [2.05, 4.69) is 24.1 Å². The van der Waals surface area contributed by atoms with E-state index >= 15 is 0 Å². The van der Waals surface area contributed by atoms with Gasteiger partial charge in [0.15, 0.2) is 0 Å². The second-order valence-electron chi connectivity index (χ2n) is 4.72. The number of pyridine rings is 1. The predicted octanol–water partition coefficient (Wildman–Crippen LogP) is 3.47. The third-order valence-electron chi connectivity index (χ3n) is 2.91. The highest BCUT2D eigenvalue weighted by Gasteiger charge is 2.12. The van der Waals surface area contributed by atoms with Gasteiger partial charge < -0.3 is 10.4 Å². The third-order valence-corrected chi connectivity index (χ3v) is 2.91. The highest BCUT2D eigenvalue weighted by atomic mass is 16.4. The summed E-state index contributed by atoms with van der Waals surface area (Å²) in [6.07, 6.45) is 6.04. The lowest BCUT2D eigenvalue weighted by Gasteiger charge is -2.17. The van der Waals surface area contributed by atoms with E-state index in [-0.39, 0.29) is 11.6 Å². The highest BCUT2D eigenvalue weighted by molar-refractivity contribution is 5.93. The smallest absolute Gasteiger partial charge is 0.339 e. The van der Waals surface area contributed by atoms with Crippen molar-refractivity contribution in [2.45, 2.75) is 52.5 Å². The molecule has 0 spiro atoms. The molecule has 0 aliphatic carbocycles. The Kier molecular flexibility index (Phi) is 5.62. The number of aromatic nitrogens is 1. The number of carboxylic acid groups (broad SMARTS) is 1. The average molecular weight is 250 g/mol. The molecule has 0 bridgehead atoms. The summed E-state index contributed by atoms with van der Waals surface area (Å²) < 4.78 is 0. The van der Waals surface area contributed by atoms with Crippen molar-refractivity contribution in [3.63, 3.8) is 0 Å². The molecule has 4 heteroatoms. The van der Waals surface area contributed by atoms with Crippen LogP contribution in [-0.4, -0.2) is 22.1 Å². The number of carbonyl (C=O) groups is 1. The fourth-order valence-electron chi connectivity index (χ4n) is 1.89. The number of anilines is 1. The lowest BCUT2D eigenvalue weighted by molar-refractivity contribution is 0.0697. The van der Waals surface area contributed by atoms with Crippen LogP contribution in [0, 0.1) is 6.92 Å². The van der Waals surface area contributed by atoms with Crippen LogP contribution >= 0.6 is 0 Å². The Bertz CT molecular complexity index is 405. The molecule has 100 valence electrons. The molecular formula is C14H22N2O2. The van der Waals surface area contributed by atoms with Crippen LogP contribution in [0.25, 0.3) is 0 Å². The first kappa shape index (κ1) is 14.5. The number of unbranched alkanes of at least 4 members (excludes halogenated alkanes) is 2. The van der Waals surface area contributed by atoms with E-state index in [9.17, 15) is 4.79 Å². The zero-order chi connectivity index (χ0) is 13.5. The van der Waals surface area contributed by atoms with Gasteiger partial charge >= 0.3 is 5.97 Å². The first-order chi connectivity index (χ1) is 8.54. The number of nitrogens with zero attached hydrogens (tertiary/aromatic N) is 1. The number of hydrogen-bond donors (Lipinski definition) is 2. The zero-order valence-corrected chi connectivity index (χ0v) is 11.4. The maximum atomic E-state index is 11.1. The van der Waals surface area contributed by atoms with Gasteiger partial charge in [0.05, 0.1) is 5.69 Å². The Labute approximate surface area is 108 Å². The molecule has 0 saturated heterocycles. The Balaban J connectivity index is 2.70. The minimum absolute atomic E-state index is 0.239.